The van der Waals surface area contributed by atoms with Crippen LogP contribution in [0.4, 0.5) is 0 Å². The second kappa shape index (κ2) is 7.98. The van der Waals surface area contributed by atoms with Gasteiger partial charge in [-0.15, -0.1) is 11.6 Å². The fraction of sp³-hybridized carbons (Fsp3) is 0.571. The normalized spacial score (nSPS) is 13.7. The van der Waals surface area contributed by atoms with Crippen molar-refractivity contribution in [2.45, 2.75) is 20.0 Å². The van der Waals surface area contributed by atoms with Gasteiger partial charge in [-0.3, -0.25) is 0 Å². The molecule has 0 aromatic heterocycles. The number of nitrogens with zero attached hydrogens (tertiary/aromatic N) is 1. The monoisotopic (exact) mass is 318 g/mol. The first-order valence-corrected chi connectivity index (χ1v) is 8.77. The van der Waals surface area contributed by atoms with Gasteiger partial charge in [-0.05, 0) is 31.1 Å². The van der Waals surface area contributed by atoms with E-state index in [1.165, 1.54) is 0 Å². The van der Waals surface area contributed by atoms with Gasteiger partial charge in [-0.1, -0.05) is 31.2 Å². The van der Waals surface area contributed by atoms with E-state index in [9.17, 15) is 8.42 Å². The average molecular weight is 319 g/mol. The number of hydrogen-bond donors (Lipinski definition) is 1. The van der Waals surface area contributed by atoms with Crippen molar-refractivity contribution in [3.05, 3.63) is 35.4 Å². The molecular weight excluding hydrogens is 296 g/mol. The zero-order valence-electron chi connectivity index (χ0n) is 12.3. The van der Waals surface area contributed by atoms with Crippen LogP contribution < -0.4 is 4.72 Å². The minimum atomic E-state index is -3.28. The first-order valence-electron chi connectivity index (χ1n) is 6.59. The molecule has 0 bridgehead atoms. The molecule has 1 atom stereocenters. The van der Waals surface area contributed by atoms with Gasteiger partial charge >= 0.3 is 0 Å². The molecule has 0 radical (unpaired) electrons. The van der Waals surface area contributed by atoms with E-state index < -0.39 is 10.0 Å². The van der Waals surface area contributed by atoms with Crippen molar-refractivity contribution in [1.82, 2.24) is 9.62 Å². The minimum Gasteiger partial charge on any atom is -0.305 e. The minimum absolute atomic E-state index is 0.0498. The highest BCUT2D eigenvalue weighted by Gasteiger charge is 2.15. The Bertz CT molecular complexity index is 518. The van der Waals surface area contributed by atoms with Crippen LogP contribution >= 0.6 is 11.6 Å². The zero-order valence-corrected chi connectivity index (χ0v) is 13.8. The third kappa shape index (κ3) is 6.22. The Morgan fingerprint density at radius 3 is 2.40 bits per heavy atom. The van der Waals surface area contributed by atoms with Crippen LogP contribution in [0.25, 0.3) is 0 Å². The van der Waals surface area contributed by atoms with Crippen LogP contribution in [0.1, 0.15) is 18.1 Å². The van der Waals surface area contributed by atoms with Gasteiger partial charge in [-0.2, -0.15) is 0 Å². The van der Waals surface area contributed by atoms with E-state index in [0.29, 0.717) is 12.4 Å². The van der Waals surface area contributed by atoms with E-state index in [1.807, 2.05) is 45.3 Å². The Labute approximate surface area is 127 Å². The number of rotatable bonds is 8. The summed E-state index contributed by atoms with van der Waals surface area (Å²) in [5, 5.41) is 0. The number of hydrogen-bond acceptors (Lipinski definition) is 3. The molecule has 0 saturated heterocycles. The van der Waals surface area contributed by atoms with E-state index in [4.69, 9.17) is 11.6 Å². The lowest BCUT2D eigenvalue weighted by Crippen LogP contribution is -2.29. The molecule has 1 aromatic rings. The summed E-state index contributed by atoms with van der Waals surface area (Å²) in [5.41, 5.74) is 2.13. The Balaban J connectivity index is 2.70. The molecule has 1 rings (SSSR count). The first kappa shape index (κ1) is 17.4. The Hall–Kier alpha value is -0.620. The van der Waals surface area contributed by atoms with Gasteiger partial charge in [0.05, 0.1) is 5.75 Å². The van der Waals surface area contributed by atoms with Crippen molar-refractivity contribution in [2.75, 3.05) is 25.7 Å². The summed E-state index contributed by atoms with van der Waals surface area (Å²) >= 11 is 5.66. The fourth-order valence-electron chi connectivity index (χ4n) is 1.89. The molecule has 0 aliphatic carbocycles. The van der Waals surface area contributed by atoms with Crippen molar-refractivity contribution in [3.8, 4) is 0 Å². The lowest BCUT2D eigenvalue weighted by atomic mass is 10.1. The van der Waals surface area contributed by atoms with Gasteiger partial charge in [-0.25, -0.2) is 13.1 Å². The summed E-state index contributed by atoms with van der Waals surface area (Å²) in [4.78, 5) is 2.06. The van der Waals surface area contributed by atoms with Crippen LogP contribution in [0.2, 0.25) is 0 Å². The van der Waals surface area contributed by atoms with Crippen molar-refractivity contribution in [2.24, 2.45) is 5.92 Å². The maximum Gasteiger partial charge on any atom is 0.212 e. The van der Waals surface area contributed by atoms with Crippen LogP contribution in [0.5, 0.6) is 0 Å². The van der Waals surface area contributed by atoms with Crippen molar-refractivity contribution in [1.29, 1.82) is 0 Å². The molecule has 0 spiro atoms. The van der Waals surface area contributed by atoms with E-state index in [-0.39, 0.29) is 11.7 Å². The molecular formula is C14H23ClN2O2S. The summed E-state index contributed by atoms with van der Waals surface area (Å²) < 4.78 is 26.5. The molecule has 6 heteroatoms. The van der Waals surface area contributed by atoms with Crippen LogP contribution in [-0.2, 0) is 23.1 Å². The molecule has 1 aromatic carbocycles. The molecule has 4 nitrogen and oxygen atoms in total. The molecule has 0 heterocycles. The topological polar surface area (TPSA) is 49.4 Å². The highest BCUT2D eigenvalue weighted by Crippen LogP contribution is 2.11. The molecule has 20 heavy (non-hydrogen) atoms. The average Bonchev–Trinajstić information content (AvgIpc) is 2.36. The third-order valence-electron chi connectivity index (χ3n) is 2.85. The number of halogens is 1. The summed E-state index contributed by atoms with van der Waals surface area (Å²) in [6.07, 6.45) is 0. The highest BCUT2D eigenvalue weighted by atomic mass is 35.5. The quantitative estimate of drug-likeness (QED) is 0.746. The van der Waals surface area contributed by atoms with Gasteiger partial charge in [0, 0.05) is 19.0 Å². The van der Waals surface area contributed by atoms with Crippen LogP contribution in [0.15, 0.2) is 24.3 Å². The SMILES string of the molecule is CC(CCl)CS(=O)(=O)NCc1ccccc1CN(C)C. The fourth-order valence-corrected chi connectivity index (χ4v) is 3.49. The standard InChI is InChI=1S/C14H23ClN2O2S/c1-12(8-15)11-20(18,19)16-9-13-6-4-5-7-14(13)10-17(2)3/h4-7,12,16H,8-11H2,1-3H3. The van der Waals surface area contributed by atoms with Gasteiger partial charge in [0.1, 0.15) is 0 Å². The van der Waals surface area contributed by atoms with Gasteiger partial charge in [0.15, 0.2) is 0 Å². The summed E-state index contributed by atoms with van der Waals surface area (Å²) in [6, 6.07) is 7.86. The lowest BCUT2D eigenvalue weighted by Gasteiger charge is -2.15. The second-order valence-corrected chi connectivity index (χ2v) is 7.53. The van der Waals surface area contributed by atoms with Gasteiger partial charge in [0.25, 0.3) is 0 Å². The number of nitrogens with one attached hydrogen (secondary N) is 1. The molecule has 0 aliphatic rings. The number of benzene rings is 1. The van der Waals surface area contributed by atoms with Crippen LogP contribution in [0, 0.1) is 5.92 Å². The Kier molecular flexibility index (Phi) is 6.95. The molecule has 1 unspecified atom stereocenters. The lowest BCUT2D eigenvalue weighted by molar-refractivity contribution is 0.400. The molecule has 0 fully saturated rings. The predicted octanol–water partition coefficient (Wildman–Crippen LogP) is 2.04. The van der Waals surface area contributed by atoms with Gasteiger partial charge < -0.3 is 4.90 Å². The largest absolute Gasteiger partial charge is 0.305 e. The molecule has 0 aliphatic heterocycles. The van der Waals surface area contributed by atoms with Gasteiger partial charge in [0.2, 0.25) is 10.0 Å². The second-order valence-electron chi connectivity index (χ2n) is 5.37. The predicted molar refractivity (Wildman–Crippen MR) is 84.3 cm³/mol. The van der Waals surface area contributed by atoms with Crippen molar-refractivity contribution >= 4 is 21.6 Å². The molecule has 114 valence electrons. The van der Waals surface area contributed by atoms with Crippen LogP contribution in [0.3, 0.4) is 0 Å². The summed E-state index contributed by atoms with van der Waals surface area (Å²) in [7, 11) is 0.694. The molecule has 0 amide bonds. The van der Waals surface area contributed by atoms with Crippen molar-refractivity contribution < 1.29 is 8.42 Å². The molecule has 0 saturated carbocycles. The van der Waals surface area contributed by atoms with Crippen molar-refractivity contribution in [3.63, 3.8) is 0 Å². The Morgan fingerprint density at radius 2 is 1.85 bits per heavy atom. The van der Waals surface area contributed by atoms with E-state index in [0.717, 1.165) is 17.7 Å². The smallest absolute Gasteiger partial charge is 0.212 e. The summed E-state index contributed by atoms with van der Waals surface area (Å²) in [6.45, 7) is 2.93. The van der Waals surface area contributed by atoms with E-state index in [2.05, 4.69) is 9.62 Å². The number of sulfonamides is 1. The first-order chi connectivity index (χ1) is 9.34. The highest BCUT2D eigenvalue weighted by molar-refractivity contribution is 7.89. The Morgan fingerprint density at radius 1 is 1.25 bits per heavy atom. The van der Waals surface area contributed by atoms with E-state index >= 15 is 0 Å². The summed E-state index contributed by atoms with van der Waals surface area (Å²) in [5.74, 6) is 0.357. The maximum atomic E-state index is 11.9. The van der Waals surface area contributed by atoms with E-state index in [1.54, 1.807) is 0 Å². The third-order valence-corrected chi connectivity index (χ3v) is 4.97. The maximum absolute atomic E-state index is 11.9. The molecule has 1 N–H and O–H groups in total. The number of alkyl halides is 1. The van der Waals surface area contributed by atoms with Crippen LogP contribution in [-0.4, -0.2) is 39.0 Å². The zero-order chi connectivity index (χ0) is 15.2.